The van der Waals surface area contributed by atoms with Crippen molar-refractivity contribution in [1.82, 2.24) is 0 Å². The van der Waals surface area contributed by atoms with Crippen LogP contribution in [0.1, 0.15) is 59.5 Å². The Hall–Kier alpha value is -6.42. The molecule has 49 heavy (non-hydrogen) atoms. The minimum Gasteiger partial charge on any atom is -0.457 e. The van der Waals surface area contributed by atoms with E-state index in [-0.39, 0.29) is 30.2 Å². The molecule has 0 aromatic heterocycles. The number of hydrogen-bond acceptors (Lipinski definition) is 8. The monoisotopic (exact) mass is 652 g/mol. The fraction of sp³-hybridized carbons (Fsp3) is 0.128. The Morgan fingerprint density at radius 2 is 0.959 bits per heavy atom. The standard InChI is InChI=1S/C39H32N4O6/c1-24-34(38(46)42(40-24)32-17-13-28(14-18-32)26(3)44)21-30-9-5-7-11-36(30)48-23-49-37-12-8-6-10-31(37)22-35-25(2)41-43(39(35)47)33-19-15-29(16-20-33)27(4)45/h5-22H,23H2,1-4H3/b34-21-,35-22+. The molecule has 4 aromatic rings. The number of hydrogen-bond donors (Lipinski definition) is 0. The summed E-state index contributed by atoms with van der Waals surface area (Å²) < 4.78 is 12.1. The molecule has 0 saturated heterocycles. The van der Waals surface area contributed by atoms with E-state index in [0.29, 0.717) is 67.7 Å². The van der Waals surface area contributed by atoms with Crippen LogP contribution in [0.3, 0.4) is 0 Å². The molecule has 0 N–H and O–H groups in total. The van der Waals surface area contributed by atoms with Crippen LogP contribution in [0.4, 0.5) is 11.4 Å². The summed E-state index contributed by atoms with van der Waals surface area (Å²) >= 11 is 0. The van der Waals surface area contributed by atoms with E-state index in [0.717, 1.165) is 0 Å². The molecule has 10 heteroatoms. The lowest BCUT2D eigenvalue weighted by atomic mass is 10.1. The number of Topliss-reactive ketones (excluding diaryl/α,β-unsaturated/α-hetero) is 2. The lowest BCUT2D eigenvalue weighted by Crippen LogP contribution is -2.21. The molecule has 244 valence electrons. The number of ketones is 2. The second-order valence-electron chi connectivity index (χ2n) is 11.4. The first-order chi connectivity index (χ1) is 23.6. The molecule has 0 fully saturated rings. The number of amides is 2. The highest BCUT2D eigenvalue weighted by atomic mass is 16.7. The van der Waals surface area contributed by atoms with Crippen LogP contribution in [0, 0.1) is 0 Å². The Kier molecular flexibility index (Phi) is 9.12. The third-order valence-corrected chi connectivity index (χ3v) is 8.03. The van der Waals surface area contributed by atoms with Gasteiger partial charge < -0.3 is 9.47 Å². The third kappa shape index (κ3) is 6.84. The van der Waals surface area contributed by atoms with Gasteiger partial charge in [0.2, 0.25) is 6.79 Å². The lowest BCUT2D eigenvalue weighted by molar-refractivity contribution is -0.115. The molecule has 4 aromatic carbocycles. The summed E-state index contributed by atoms with van der Waals surface area (Å²) in [5, 5.41) is 11.5. The molecular weight excluding hydrogens is 620 g/mol. The molecule has 2 amide bonds. The Labute approximate surface area is 283 Å². The van der Waals surface area contributed by atoms with E-state index >= 15 is 0 Å². The van der Waals surface area contributed by atoms with Crippen molar-refractivity contribution in [2.75, 3.05) is 16.8 Å². The first-order valence-electron chi connectivity index (χ1n) is 15.5. The van der Waals surface area contributed by atoms with E-state index in [1.807, 2.05) is 36.4 Å². The molecule has 0 atom stereocenters. The number of benzene rings is 4. The van der Waals surface area contributed by atoms with Crippen LogP contribution < -0.4 is 19.5 Å². The van der Waals surface area contributed by atoms with Gasteiger partial charge >= 0.3 is 0 Å². The van der Waals surface area contributed by atoms with Crippen LogP contribution in [0.2, 0.25) is 0 Å². The average Bonchev–Trinajstić information content (AvgIpc) is 3.55. The van der Waals surface area contributed by atoms with Gasteiger partial charge in [-0.15, -0.1) is 0 Å². The number of para-hydroxylation sites is 2. The molecule has 2 aliphatic heterocycles. The molecule has 6 rings (SSSR count). The van der Waals surface area contributed by atoms with Gasteiger partial charge in [0.1, 0.15) is 11.5 Å². The molecule has 0 radical (unpaired) electrons. The first kappa shape index (κ1) is 32.5. The second-order valence-corrected chi connectivity index (χ2v) is 11.4. The summed E-state index contributed by atoms with van der Waals surface area (Å²) in [4.78, 5) is 50.1. The van der Waals surface area contributed by atoms with Gasteiger partial charge in [0.15, 0.2) is 11.6 Å². The van der Waals surface area contributed by atoms with Crippen molar-refractivity contribution in [2.24, 2.45) is 10.2 Å². The van der Waals surface area contributed by atoms with E-state index in [1.54, 1.807) is 86.7 Å². The summed E-state index contributed by atoms with van der Waals surface area (Å²) in [6, 6.07) is 28.0. The summed E-state index contributed by atoms with van der Waals surface area (Å²) in [5.74, 6) is 0.278. The van der Waals surface area contributed by atoms with E-state index in [4.69, 9.17) is 9.47 Å². The number of carbonyl (C=O) groups excluding carboxylic acids is 4. The Balaban J connectivity index is 1.15. The number of carbonyl (C=O) groups is 4. The fourth-order valence-electron chi connectivity index (χ4n) is 5.32. The van der Waals surface area contributed by atoms with Crippen LogP contribution >= 0.6 is 0 Å². The number of rotatable bonds is 10. The smallest absolute Gasteiger partial charge is 0.280 e. The average molecular weight is 653 g/mol. The highest BCUT2D eigenvalue weighted by Crippen LogP contribution is 2.30. The second kappa shape index (κ2) is 13.7. The van der Waals surface area contributed by atoms with Crippen molar-refractivity contribution in [2.45, 2.75) is 27.7 Å². The van der Waals surface area contributed by atoms with E-state index in [9.17, 15) is 19.2 Å². The Morgan fingerprint density at radius 1 is 0.592 bits per heavy atom. The molecule has 0 bridgehead atoms. The normalized spacial score (nSPS) is 15.9. The molecule has 0 aliphatic carbocycles. The maximum absolute atomic E-state index is 13.4. The SMILES string of the molecule is CC(=O)c1ccc(N2N=C(C)/C(=C/c3ccccc3OCOc3ccccc3/C=C3/C(=O)N(c4ccc(C(C)=O)cc4)N=C3C)C2=O)cc1. The predicted molar refractivity (Wildman–Crippen MR) is 189 cm³/mol. The minimum absolute atomic E-state index is 0.0594. The molecule has 0 saturated carbocycles. The van der Waals surface area contributed by atoms with Crippen molar-refractivity contribution in [3.63, 3.8) is 0 Å². The molecule has 0 unspecified atom stereocenters. The van der Waals surface area contributed by atoms with Crippen LogP contribution in [0.15, 0.2) is 118 Å². The lowest BCUT2D eigenvalue weighted by Gasteiger charge is -2.14. The van der Waals surface area contributed by atoms with E-state index in [2.05, 4.69) is 10.2 Å². The number of anilines is 2. The van der Waals surface area contributed by atoms with Gasteiger partial charge in [0.25, 0.3) is 11.8 Å². The van der Waals surface area contributed by atoms with Gasteiger partial charge in [-0.2, -0.15) is 20.2 Å². The van der Waals surface area contributed by atoms with Crippen molar-refractivity contribution < 1.29 is 28.7 Å². The predicted octanol–water partition coefficient (Wildman–Crippen LogP) is 7.12. The van der Waals surface area contributed by atoms with Crippen molar-refractivity contribution in [1.29, 1.82) is 0 Å². The zero-order chi connectivity index (χ0) is 34.7. The van der Waals surface area contributed by atoms with Crippen molar-refractivity contribution in [3.8, 4) is 11.5 Å². The minimum atomic E-state index is -0.298. The number of ether oxygens (including phenoxy) is 2. The maximum Gasteiger partial charge on any atom is 0.280 e. The fourth-order valence-corrected chi connectivity index (χ4v) is 5.32. The number of hydrazone groups is 2. The highest BCUT2D eigenvalue weighted by Gasteiger charge is 2.30. The zero-order valence-electron chi connectivity index (χ0n) is 27.3. The summed E-state index contributed by atoms with van der Waals surface area (Å²) in [5.41, 5.74) is 5.44. The van der Waals surface area contributed by atoms with Gasteiger partial charge in [0.05, 0.1) is 33.9 Å². The molecule has 0 spiro atoms. The summed E-state index contributed by atoms with van der Waals surface area (Å²) in [7, 11) is 0. The van der Waals surface area contributed by atoms with E-state index < -0.39 is 0 Å². The third-order valence-electron chi connectivity index (χ3n) is 8.03. The van der Waals surface area contributed by atoms with Crippen LogP contribution in [-0.4, -0.2) is 41.6 Å². The molecule has 10 nitrogen and oxygen atoms in total. The van der Waals surface area contributed by atoms with Gasteiger partial charge in [-0.3, -0.25) is 19.2 Å². The van der Waals surface area contributed by atoms with Gasteiger partial charge in [0, 0.05) is 22.3 Å². The van der Waals surface area contributed by atoms with Crippen LogP contribution in [0.5, 0.6) is 11.5 Å². The van der Waals surface area contributed by atoms with Gasteiger partial charge in [-0.05, 0) is 101 Å². The first-order valence-corrected chi connectivity index (χ1v) is 15.5. The van der Waals surface area contributed by atoms with Crippen molar-refractivity contribution >= 4 is 58.3 Å². The van der Waals surface area contributed by atoms with Gasteiger partial charge in [-0.1, -0.05) is 36.4 Å². The molecule has 2 aliphatic rings. The highest BCUT2D eigenvalue weighted by molar-refractivity contribution is 6.33. The summed E-state index contributed by atoms with van der Waals surface area (Å²) in [6.07, 6.45) is 3.46. The summed E-state index contributed by atoms with van der Waals surface area (Å²) in [6.45, 7) is 6.35. The Bertz CT molecular complexity index is 1960. The van der Waals surface area contributed by atoms with Crippen molar-refractivity contribution in [3.05, 3.63) is 130 Å². The molecule has 2 heterocycles. The molecular formula is C39H32N4O6. The zero-order valence-corrected chi connectivity index (χ0v) is 27.3. The van der Waals surface area contributed by atoms with Gasteiger partial charge in [-0.25, -0.2) is 0 Å². The maximum atomic E-state index is 13.4. The van der Waals surface area contributed by atoms with Crippen LogP contribution in [0.25, 0.3) is 12.2 Å². The number of nitrogens with zero attached hydrogens (tertiary/aromatic N) is 4. The van der Waals surface area contributed by atoms with E-state index in [1.165, 1.54) is 23.9 Å². The quantitative estimate of drug-likeness (QED) is 0.102. The van der Waals surface area contributed by atoms with Crippen LogP contribution in [-0.2, 0) is 9.59 Å². The largest absolute Gasteiger partial charge is 0.457 e. The Morgan fingerprint density at radius 3 is 1.33 bits per heavy atom. The topological polar surface area (TPSA) is 118 Å².